The van der Waals surface area contributed by atoms with Gasteiger partial charge in [0.15, 0.2) is 5.65 Å². The summed E-state index contributed by atoms with van der Waals surface area (Å²) in [5.41, 5.74) is 7.59. The van der Waals surface area contributed by atoms with Crippen molar-refractivity contribution in [3.8, 4) is 22.5 Å². The van der Waals surface area contributed by atoms with E-state index >= 15 is 0 Å². The number of hydrogen-bond donors (Lipinski definition) is 2. The number of rotatable bonds is 5. The third-order valence-corrected chi connectivity index (χ3v) is 5.16. The smallest absolute Gasteiger partial charge is 0.156 e. The lowest BCUT2D eigenvalue weighted by molar-refractivity contribution is 0.885. The standard InChI is InChI=1S/C25H21N5/c1-17(18-8-3-2-4-9-18)29-20-11-7-10-19(14-20)21-15-27-25-24(21)30-23(16-28-25)22-12-5-6-13-26-22/h2-17,29H,1H3,(H,27,28)/t17-/m0/s1. The van der Waals surface area contributed by atoms with E-state index < -0.39 is 0 Å². The minimum Gasteiger partial charge on any atom is -0.379 e. The molecule has 1 atom stereocenters. The van der Waals surface area contributed by atoms with Gasteiger partial charge in [0.2, 0.25) is 0 Å². The topological polar surface area (TPSA) is 66.5 Å². The Morgan fingerprint density at radius 3 is 2.57 bits per heavy atom. The lowest BCUT2D eigenvalue weighted by atomic mass is 10.1. The molecule has 30 heavy (non-hydrogen) atoms. The normalized spacial score (nSPS) is 12.0. The Kier molecular flexibility index (Phi) is 4.69. The molecule has 3 aromatic heterocycles. The molecular weight excluding hydrogens is 370 g/mol. The van der Waals surface area contributed by atoms with Crippen LogP contribution in [0.15, 0.2) is 91.4 Å². The number of hydrogen-bond acceptors (Lipinski definition) is 4. The summed E-state index contributed by atoms with van der Waals surface area (Å²) in [6.07, 6.45) is 5.49. The summed E-state index contributed by atoms with van der Waals surface area (Å²) in [4.78, 5) is 17.0. The lowest BCUT2D eigenvalue weighted by Crippen LogP contribution is -2.06. The first-order chi connectivity index (χ1) is 14.8. The summed E-state index contributed by atoms with van der Waals surface area (Å²) in [6.45, 7) is 2.16. The number of nitrogens with one attached hydrogen (secondary N) is 2. The largest absolute Gasteiger partial charge is 0.379 e. The van der Waals surface area contributed by atoms with Crippen LogP contribution in [-0.4, -0.2) is 19.9 Å². The first kappa shape index (κ1) is 18.1. The number of aromatic nitrogens is 4. The van der Waals surface area contributed by atoms with Crippen LogP contribution >= 0.6 is 0 Å². The van der Waals surface area contributed by atoms with E-state index in [2.05, 4.69) is 75.7 Å². The molecule has 0 bridgehead atoms. The average Bonchev–Trinajstić information content (AvgIpc) is 3.24. The molecule has 0 unspecified atom stereocenters. The van der Waals surface area contributed by atoms with Crippen LogP contribution in [0, 0.1) is 0 Å². The summed E-state index contributed by atoms with van der Waals surface area (Å²) in [6, 6.07) is 24.8. The zero-order valence-electron chi connectivity index (χ0n) is 16.6. The molecule has 0 amide bonds. The Bertz CT molecular complexity index is 1280. The van der Waals surface area contributed by atoms with E-state index in [1.165, 1.54) is 5.56 Å². The van der Waals surface area contributed by atoms with Crippen LogP contribution < -0.4 is 5.32 Å². The van der Waals surface area contributed by atoms with Crippen molar-refractivity contribution in [2.75, 3.05) is 5.32 Å². The number of anilines is 1. The second-order valence-corrected chi connectivity index (χ2v) is 7.23. The van der Waals surface area contributed by atoms with Crippen molar-refractivity contribution in [1.29, 1.82) is 0 Å². The van der Waals surface area contributed by atoms with Crippen molar-refractivity contribution in [3.63, 3.8) is 0 Å². The van der Waals surface area contributed by atoms with Crippen LogP contribution in [0.2, 0.25) is 0 Å². The fourth-order valence-electron chi connectivity index (χ4n) is 3.60. The number of benzene rings is 2. The van der Waals surface area contributed by atoms with Gasteiger partial charge in [0.05, 0.1) is 11.9 Å². The maximum atomic E-state index is 4.84. The van der Waals surface area contributed by atoms with Crippen LogP contribution in [0.5, 0.6) is 0 Å². The molecule has 2 N–H and O–H groups in total. The third kappa shape index (κ3) is 3.53. The number of nitrogens with zero attached hydrogens (tertiary/aromatic N) is 3. The highest BCUT2D eigenvalue weighted by molar-refractivity contribution is 5.92. The molecule has 0 aliphatic heterocycles. The maximum Gasteiger partial charge on any atom is 0.156 e. The van der Waals surface area contributed by atoms with Gasteiger partial charge in [-0.05, 0) is 42.3 Å². The lowest BCUT2D eigenvalue weighted by Gasteiger charge is -2.16. The van der Waals surface area contributed by atoms with Crippen molar-refractivity contribution in [2.45, 2.75) is 13.0 Å². The van der Waals surface area contributed by atoms with E-state index in [-0.39, 0.29) is 6.04 Å². The fraction of sp³-hybridized carbons (Fsp3) is 0.0800. The first-order valence-electron chi connectivity index (χ1n) is 9.95. The minimum absolute atomic E-state index is 0.208. The van der Waals surface area contributed by atoms with Gasteiger partial charge >= 0.3 is 0 Å². The van der Waals surface area contributed by atoms with E-state index in [9.17, 15) is 0 Å². The van der Waals surface area contributed by atoms with E-state index in [4.69, 9.17) is 4.98 Å². The van der Waals surface area contributed by atoms with E-state index in [0.717, 1.165) is 39.4 Å². The Labute approximate surface area is 174 Å². The molecule has 5 rings (SSSR count). The summed E-state index contributed by atoms with van der Waals surface area (Å²) < 4.78 is 0. The molecule has 3 heterocycles. The highest BCUT2D eigenvalue weighted by Gasteiger charge is 2.12. The van der Waals surface area contributed by atoms with E-state index in [0.29, 0.717) is 0 Å². The molecule has 0 fully saturated rings. The second kappa shape index (κ2) is 7.79. The average molecular weight is 391 g/mol. The molecular formula is C25H21N5. The minimum atomic E-state index is 0.208. The second-order valence-electron chi connectivity index (χ2n) is 7.23. The van der Waals surface area contributed by atoms with Gasteiger partial charge in [-0.15, -0.1) is 0 Å². The molecule has 0 saturated carbocycles. The molecule has 146 valence electrons. The molecule has 0 aliphatic carbocycles. The Morgan fingerprint density at radius 2 is 1.73 bits per heavy atom. The Hall–Kier alpha value is -3.99. The maximum absolute atomic E-state index is 4.84. The van der Waals surface area contributed by atoms with Crippen molar-refractivity contribution in [2.24, 2.45) is 0 Å². The van der Waals surface area contributed by atoms with Crippen molar-refractivity contribution in [3.05, 3.63) is 97.0 Å². The summed E-state index contributed by atoms with van der Waals surface area (Å²) >= 11 is 0. The number of H-pyrrole nitrogens is 1. The SMILES string of the molecule is C[C@H](Nc1cccc(-c2c[nH]c3ncc(-c4ccccn4)nc23)c1)c1ccccc1. The van der Waals surface area contributed by atoms with Gasteiger partial charge < -0.3 is 10.3 Å². The van der Waals surface area contributed by atoms with Gasteiger partial charge in [0, 0.05) is 29.7 Å². The fourth-order valence-corrected chi connectivity index (χ4v) is 3.60. The predicted octanol–water partition coefficient (Wildman–Crippen LogP) is 5.86. The molecule has 5 aromatic rings. The first-order valence-corrected chi connectivity index (χ1v) is 9.95. The monoisotopic (exact) mass is 391 g/mol. The molecule has 0 radical (unpaired) electrons. The van der Waals surface area contributed by atoms with Crippen LogP contribution in [-0.2, 0) is 0 Å². The zero-order valence-corrected chi connectivity index (χ0v) is 16.6. The van der Waals surface area contributed by atoms with Gasteiger partial charge in [-0.25, -0.2) is 9.97 Å². The predicted molar refractivity (Wildman–Crippen MR) is 121 cm³/mol. The molecule has 2 aromatic carbocycles. The highest BCUT2D eigenvalue weighted by atomic mass is 14.9. The summed E-state index contributed by atoms with van der Waals surface area (Å²) in [5, 5.41) is 3.59. The van der Waals surface area contributed by atoms with Crippen LogP contribution in [0.1, 0.15) is 18.5 Å². The highest BCUT2D eigenvalue weighted by Crippen LogP contribution is 2.30. The molecule has 0 spiro atoms. The molecule has 0 saturated heterocycles. The van der Waals surface area contributed by atoms with Gasteiger partial charge in [-0.2, -0.15) is 0 Å². The van der Waals surface area contributed by atoms with Gasteiger partial charge in [-0.1, -0.05) is 48.5 Å². The summed E-state index contributed by atoms with van der Waals surface area (Å²) in [7, 11) is 0. The zero-order chi connectivity index (χ0) is 20.3. The van der Waals surface area contributed by atoms with Crippen LogP contribution in [0.25, 0.3) is 33.7 Å². The van der Waals surface area contributed by atoms with Crippen LogP contribution in [0.4, 0.5) is 5.69 Å². The van der Waals surface area contributed by atoms with Gasteiger partial charge in [-0.3, -0.25) is 4.98 Å². The van der Waals surface area contributed by atoms with Gasteiger partial charge in [0.25, 0.3) is 0 Å². The van der Waals surface area contributed by atoms with E-state index in [1.807, 2.05) is 30.5 Å². The van der Waals surface area contributed by atoms with E-state index in [1.54, 1.807) is 12.4 Å². The molecule has 0 aliphatic rings. The Morgan fingerprint density at radius 1 is 0.867 bits per heavy atom. The number of pyridine rings is 1. The van der Waals surface area contributed by atoms with Crippen molar-refractivity contribution >= 4 is 16.9 Å². The van der Waals surface area contributed by atoms with Crippen molar-refractivity contribution in [1.82, 2.24) is 19.9 Å². The van der Waals surface area contributed by atoms with Gasteiger partial charge in [0.1, 0.15) is 11.2 Å². The molecule has 5 heteroatoms. The summed E-state index contributed by atoms with van der Waals surface area (Å²) in [5.74, 6) is 0. The van der Waals surface area contributed by atoms with Crippen LogP contribution in [0.3, 0.4) is 0 Å². The number of fused-ring (bicyclic) bond motifs is 1. The third-order valence-electron chi connectivity index (χ3n) is 5.16. The van der Waals surface area contributed by atoms with Crippen molar-refractivity contribution < 1.29 is 0 Å². The Balaban J connectivity index is 1.49. The molecule has 5 nitrogen and oxygen atoms in total. The number of aromatic amines is 1. The quantitative estimate of drug-likeness (QED) is 0.394.